The molecule has 0 bridgehead atoms. The van der Waals surface area contributed by atoms with Gasteiger partial charge in [0.1, 0.15) is 11.4 Å². The van der Waals surface area contributed by atoms with Gasteiger partial charge in [0.25, 0.3) is 0 Å². The van der Waals surface area contributed by atoms with Crippen molar-refractivity contribution in [3.63, 3.8) is 0 Å². The first-order chi connectivity index (χ1) is 7.65. The van der Waals surface area contributed by atoms with E-state index in [1.165, 1.54) is 11.3 Å². The lowest BCUT2D eigenvalue weighted by molar-refractivity contribution is 0.0691. The lowest BCUT2D eigenvalue weighted by Gasteiger charge is -1.92. The van der Waals surface area contributed by atoms with Gasteiger partial charge < -0.3 is 15.2 Å². The van der Waals surface area contributed by atoms with Crippen molar-refractivity contribution < 1.29 is 15.0 Å². The Hall–Kier alpha value is -2.01. The van der Waals surface area contributed by atoms with E-state index in [4.69, 9.17) is 5.11 Å². The minimum Gasteiger partial charge on any atom is -0.508 e. The SMILES string of the molecule is O=C(O)c1cc2sc3cc(O)ccc3c2[nH]1. The lowest BCUT2D eigenvalue weighted by Crippen LogP contribution is -1.94. The zero-order valence-corrected chi connectivity index (χ0v) is 8.84. The van der Waals surface area contributed by atoms with Gasteiger partial charge in [-0.3, -0.25) is 0 Å². The van der Waals surface area contributed by atoms with Gasteiger partial charge in [0.15, 0.2) is 0 Å². The minimum atomic E-state index is -0.963. The smallest absolute Gasteiger partial charge is 0.352 e. The summed E-state index contributed by atoms with van der Waals surface area (Å²) < 4.78 is 1.83. The maximum atomic E-state index is 10.8. The minimum absolute atomic E-state index is 0.191. The van der Waals surface area contributed by atoms with Crippen LogP contribution in [0, 0.1) is 0 Å². The van der Waals surface area contributed by atoms with Crippen LogP contribution in [-0.2, 0) is 0 Å². The van der Waals surface area contributed by atoms with E-state index in [1.54, 1.807) is 24.3 Å². The molecule has 0 saturated carbocycles. The fourth-order valence-electron chi connectivity index (χ4n) is 1.75. The summed E-state index contributed by atoms with van der Waals surface area (Å²) >= 11 is 1.46. The van der Waals surface area contributed by atoms with Crippen molar-refractivity contribution in [3.8, 4) is 5.75 Å². The predicted molar refractivity (Wildman–Crippen MR) is 62.3 cm³/mol. The Bertz CT molecular complexity index is 710. The molecular weight excluding hydrogens is 226 g/mol. The molecule has 2 heterocycles. The van der Waals surface area contributed by atoms with Crippen LogP contribution in [0.5, 0.6) is 5.75 Å². The molecule has 4 nitrogen and oxygen atoms in total. The largest absolute Gasteiger partial charge is 0.508 e. The van der Waals surface area contributed by atoms with Crippen molar-refractivity contribution in [3.05, 3.63) is 30.0 Å². The van der Waals surface area contributed by atoms with Crippen molar-refractivity contribution in [1.82, 2.24) is 4.98 Å². The van der Waals surface area contributed by atoms with Gasteiger partial charge in [-0.25, -0.2) is 4.79 Å². The molecule has 0 unspecified atom stereocenters. The number of hydrogen-bond acceptors (Lipinski definition) is 3. The molecule has 0 aliphatic rings. The van der Waals surface area contributed by atoms with Crippen LogP contribution in [0.4, 0.5) is 0 Å². The number of carboxylic acids is 1. The van der Waals surface area contributed by atoms with Gasteiger partial charge in [0.2, 0.25) is 0 Å². The molecular formula is C11H7NO3S. The molecule has 2 aromatic heterocycles. The normalized spacial score (nSPS) is 11.2. The van der Waals surface area contributed by atoms with Crippen LogP contribution in [0.3, 0.4) is 0 Å². The van der Waals surface area contributed by atoms with Gasteiger partial charge >= 0.3 is 5.97 Å². The molecule has 3 aromatic rings. The van der Waals surface area contributed by atoms with Crippen molar-refractivity contribution in [2.45, 2.75) is 0 Å². The number of aromatic carboxylic acids is 1. The van der Waals surface area contributed by atoms with E-state index in [0.717, 1.165) is 20.3 Å². The van der Waals surface area contributed by atoms with Crippen molar-refractivity contribution in [2.75, 3.05) is 0 Å². The van der Waals surface area contributed by atoms with Crippen LogP contribution >= 0.6 is 11.3 Å². The summed E-state index contributed by atoms with van der Waals surface area (Å²) in [5.74, 6) is -0.745. The predicted octanol–water partition coefficient (Wildman–Crippen LogP) is 2.79. The maximum Gasteiger partial charge on any atom is 0.352 e. The number of benzene rings is 1. The number of carboxylic acid groups (broad SMARTS) is 1. The maximum absolute atomic E-state index is 10.8. The first kappa shape index (κ1) is 9.23. The molecule has 0 spiro atoms. The first-order valence-corrected chi connectivity index (χ1v) is 5.44. The monoisotopic (exact) mass is 233 g/mol. The average molecular weight is 233 g/mol. The number of aromatic amines is 1. The molecule has 0 fully saturated rings. The molecule has 1 aromatic carbocycles. The lowest BCUT2D eigenvalue weighted by atomic mass is 10.2. The number of fused-ring (bicyclic) bond motifs is 3. The van der Waals surface area contributed by atoms with E-state index in [-0.39, 0.29) is 11.4 Å². The topological polar surface area (TPSA) is 73.3 Å². The van der Waals surface area contributed by atoms with E-state index >= 15 is 0 Å². The van der Waals surface area contributed by atoms with Crippen LogP contribution in [-0.4, -0.2) is 21.2 Å². The Morgan fingerprint density at radius 2 is 2.06 bits per heavy atom. The van der Waals surface area contributed by atoms with E-state index in [2.05, 4.69) is 4.98 Å². The highest BCUT2D eigenvalue weighted by Gasteiger charge is 2.12. The van der Waals surface area contributed by atoms with E-state index in [1.807, 2.05) is 0 Å². The second-order valence-corrected chi connectivity index (χ2v) is 4.59. The summed E-state index contributed by atoms with van der Waals surface area (Å²) in [6, 6.07) is 6.66. The molecule has 3 N–H and O–H groups in total. The number of aromatic nitrogens is 1. The third kappa shape index (κ3) is 1.18. The summed E-state index contributed by atoms with van der Waals surface area (Å²) in [6.07, 6.45) is 0. The molecule has 0 radical (unpaired) electrons. The fraction of sp³-hybridized carbons (Fsp3) is 0. The van der Waals surface area contributed by atoms with Gasteiger partial charge in [-0.15, -0.1) is 11.3 Å². The van der Waals surface area contributed by atoms with Crippen LogP contribution in [0.25, 0.3) is 20.3 Å². The van der Waals surface area contributed by atoms with Gasteiger partial charge in [0, 0.05) is 10.1 Å². The van der Waals surface area contributed by atoms with Crippen molar-refractivity contribution in [1.29, 1.82) is 0 Å². The highest BCUT2D eigenvalue weighted by Crippen LogP contribution is 2.35. The number of phenols is 1. The second-order valence-electron chi connectivity index (χ2n) is 3.51. The standard InChI is InChI=1S/C11H7NO3S/c13-5-1-2-6-8(3-5)16-9-4-7(11(14)15)12-10(6)9/h1-4,12-13H,(H,14,15). The third-order valence-corrected chi connectivity index (χ3v) is 3.57. The van der Waals surface area contributed by atoms with Crippen molar-refractivity contribution in [2.24, 2.45) is 0 Å². The van der Waals surface area contributed by atoms with Gasteiger partial charge in [-0.1, -0.05) is 0 Å². The third-order valence-electron chi connectivity index (χ3n) is 2.47. The number of H-pyrrole nitrogens is 1. The van der Waals surface area contributed by atoms with Crippen LogP contribution in [0.15, 0.2) is 24.3 Å². The molecule has 16 heavy (non-hydrogen) atoms. The Morgan fingerprint density at radius 3 is 2.81 bits per heavy atom. The zero-order chi connectivity index (χ0) is 11.3. The quantitative estimate of drug-likeness (QED) is 0.605. The average Bonchev–Trinajstić information content (AvgIpc) is 2.73. The van der Waals surface area contributed by atoms with Crippen LogP contribution in [0.1, 0.15) is 10.5 Å². The number of phenolic OH excluding ortho intramolecular Hbond substituents is 1. The highest BCUT2D eigenvalue weighted by atomic mass is 32.1. The molecule has 0 atom stereocenters. The second kappa shape index (κ2) is 2.99. The van der Waals surface area contributed by atoms with Gasteiger partial charge in [0.05, 0.1) is 10.2 Å². The molecule has 80 valence electrons. The number of thiophene rings is 1. The highest BCUT2D eigenvalue weighted by molar-refractivity contribution is 7.25. The summed E-state index contributed by atoms with van der Waals surface area (Å²) in [4.78, 5) is 13.7. The molecule has 0 aliphatic carbocycles. The van der Waals surface area contributed by atoms with E-state index in [9.17, 15) is 9.90 Å². The van der Waals surface area contributed by atoms with Crippen LogP contribution < -0.4 is 0 Å². The fourth-order valence-corrected chi connectivity index (χ4v) is 2.89. The number of nitrogens with one attached hydrogen (secondary N) is 1. The number of hydrogen-bond donors (Lipinski definition) is 3. The Balaban J connectivity index is 2.38. The summed E-state index contributed by atoms with van der Waals surface area (Å²) in [5, 5.41) is 19.1. The Labute approximate surface area is 93.8 Å². The summed E-state index contributed by atoms with van der Waals surface area (Å²) in [7, 11) is 0. The number of rotatable bonds is 1. The van der Waals surface area contributed by atoms with Crippen molar-refractivity contribution >= 4 is 37.6 Å². The van der Waals surface area contributed by atoms with Gasteiger partial charge in [-0.05, 0) is 24.3 Å². The molecule has 3 rings (SSSR count). The Kier molecular flexibility index (Phi) is 1.73. The van der Waals surface area contributed by atoms with Crippen LogP contribution in [0.2, 0.25) is 0 Å². The Morgan fingerprint density at radius 1 is 1.25 bits per heavy atom. The first-order valence-electron chi connectivity index (χ1n) is 4.62. The molecule has 0 aliphatic heterocycles. The summed E-state index contributed by atoms with van der Waals surface area (Å²) in [5.41, 5.74) is 1.01. The molecule has 5 heteroatoms. The van der Waals surface area contributed by atoms with E-state index in [0.29, 0.717) is 0 Å². The zero-order valence-electron chi connectivity index (χ0n) is 8.02. The molecule has 0 saturated heterocycles. The molecule has 0 amide bonds. The van der Waals surface area contributed by atoms with E-state index < -0.39 is 5.97 Å². The summed E-state index contributed by atoms with van der Waals surface area (Å²) in [6.45, 7) is 0. The number of carbonyl (C=O) groups is 1. The number of aromatic hydroxyl groups is 1. The van der Waals surface area contributed by atoms with Gasteiger partial charge in [-0.2, -0.15) is 0 Å².